The van der Waals surface area contributed by atoms with E-state index in [1.165, 1.54) is 6.07 Å². The highest BCUT2D eigenvalue weighted by Crippen LogP contribution is 2.30. The normalized spacial score (nSPS) is 11.6. The van der Waals surface area contributed by atoms with Crippen molar-refractivity contribution in [1.82, 2.24) is 0 Å². The van der Waals surface area contributed by atoms with Crippen LogP contribution in [-0.2, 0) is 0 Å². The van der Waals surface area contributed by atoms with Crippen molar-refractivity contribution in [3.05, 3.63) is 101 Å². The predicted octanol–water partition coefficient (Wildman–Crippen LogP) is 5.45. The molecule has 0 saturated carbocycles. The van der Waals surface area contributed by atoms with E-state index in [2.05, 4.69) is 21.2 Å². The number of hydrogen-bond acceptors (Lipinski definition) is 3. The van der Waals surface area contributed by atoms with Gasteiger partial charge in [0.15, 0.2) is 0 Å². The number of carbonyl (C=O) groups is 1. The fourth-order valence-corrected chi connectivity index (χ4v) is 2.96. The highest BCUT2D eigenvalue weighted by atomic mass is 79.9. The van der Waals surface area contributed by atoms with Crippen LogP contribution < -0.4 is 5.32 Å². The van der Waals surface area contributed by atoms with Crippen LogP contribution in [0.2, 0.25) is 0 Å². The summed E-state index contributed by atoms with van der Waals surface area (Å²) in [4.78, 5) is 12.9. The maximum Gasteiger partial charge on any atom is 0.205 e. The third-order valence-electron chi connectivity index (χ3n) is 3.67. The zero-order valence-electron chi connectivity index (χ0n) is 13.3. The highest BCUT2D eigenvalue weighted by molar-refractivity contribution is 9.12. The summed E-state index contributed by atoms with van der Waals surface area (Å²) < 4.78 is 0.351. The minimum absolute atomic E-state index is 0.0448. The van der Waals surface area contributed by atoms with Gasteiger partial charge in [-0.2, -0.15) is 0 Å². The van der Waals surface area contributed by atoms with Crippen LogP contribution in [0.15, 0.2) is 89.4 Å². The van der Waals surface area contributed by atoms with Crippen molar-refractivity contribution < 1.29 is 9.90 Å². The van der Waals surface area contributed by atoms with Gasteiger partial charge in [0.25, 0.3) is 0 Å². The molecule has 3 nitrogen and oxygen atoms in total. The van der Waals surface area contributed by atoms with Crippen LogP contribution in [0.3, 0.4) is 0 Å². The first-order valence-corrected chi connectivity index (χ1v) is 8.56. The molecule has 0 aliphatic carbocycles. The SMILES string of the molecule is O=C(/C(Br)=C(\Nc1ccccc1)c1ccccc1)c1ccccc1O. The Kier molecular flexibility index (Phi) is 5.31. The number of Topliss-reactive ketones (excluding diaryl/α,β-unsaturated/α-hetero) is 1. The molecule has 0 aromatic heterocycles. The molecule has 0 heterocycles. The predicted molar refractivity (Wildman–Crippen MR) is 105 cm³/mol. The topological polar surface area (TPSA) is 49.3 Å². The maximum absolute atomic E-state index is 12.9. The average molecular weight is 394 g/mol. The monoisotopic (exact) mass is 393 g/mol. The number of allylic oxidation sites excluding steroid dienone is 1. The quantitative estimate of drug-likeness (QED) is 0.447. The molecule has 4 heteroatoms. The van der Waals surface area contributed by atoms with Crippen LogP contribution in [0.5, 0.6) is 5.75 Å². The number of halogens is 1. The molecule has 0 saturated heterocycles. The van der Waals surface area contributed by atoms with Gasteiger partial charge in [0.2, 0.25) is 5.78 Å². The lowest BCUT2D eigenvalue weighted by Crippen LogP contribution is -2.07. The van der Waals surface area contributed by atoms with Crippen molar-refractivity contribution in [3.8, 4) is 5.75 Å². The number of nitrogens with one attached hydrogen (secondary N) is 1. The van der Waals surface area contributed by atoms with Gasteiger partial charge in [-0.05, 0) is 45.8 Å². The molecular weight excluding hydrogens is 378 g/mol. The molecule has 124 valence electrons. The summed E-state index contributed by atoms with van der Waals surface area (Å²) in [5, 5.41) is 13.3. The highest BCUT2D eigenvalue weighted by Gasteiger charge is 2.19. The van der Waals surface area contributed by atoms with Crippen molar-refractivity contribution in [2.24, 2.45) is 0 Å². The third kappa shape index (κ3) is 3.98. The van der Waals surface area contributed by atoms with Crippen LogP contribution >= 0.6 is 15.9 Å². The second-order valence-electron chi connectivity index (χ2n) is 5.39. The molecule has 0 radical (unpaired) electrons. The summed E-state index contributed by atoms with van der Waals surface area (Å²) in [5.74, 6) is -0.336. The summed E-state index contributed by atoms with van der Waals surface area (Å²) in [6.07, 6.45) is 0. The molecule has 0 amide bonds. The number of carbonyl (C=O) groups excluding carboxylic acids is 1. The summed E-state index contributed by atoms with van der Waals surface area (Å²) in [6.45, 7) is 0. The van der Waals surface area contributed by atoms with E-state index in [0.717, 1.165) is 11.3 Å². The number of phenolic OH excluding ortho intramolecular Hbond substituents is 1. The Morgan fingerprint density at radius 1 is 0.800 bits per heavy atom. The van der Waals surface area contributed by atoms with Crippen molar-refractivity contribution in [2.75, 3.05) is 5.32 Å². The molecule has 0 spiro atoms. The first-order valence-electron chi connectivity index (χ1n) is 7.77. The second kappa shape index (κ2) is 7.81. The van der Waals surface area contributed by atoms with Gasteiger partial charge in [0.05, 0.1) is 15.7 Å². The molecule has 2 N–H and O–H groups in total. The fourth-order valence-electron chi connectivity index (χ4n) is 2.42. The van der Waals surface area contributed by atoms with Crippen LogP contribution in [0, 0.1) is 0 Å². The van der Waals surface area contributed by atoms with E-state index in [4.69, 9.17) is 0 Å². The molecule has 0 aliphatic rings. The van der Waals surface area contributed by atoms with E-state index in [-0.39, 0.29) is 17.1 Å². The summed E-state index contributed by atoms with van der Waals surface area (Å²) in [5.41, 5.74) is 2.61. The average Bonchev–Trinajstić information content (AvgIpc) is 2.67. The molecule has 25 heavy (non-hydrogen) atoms. The van der Waals surface area contributed by atoms with Crippen LogP contribution in [0.4, 0.5) is 5.69 Å². The van der Waals surface area contributed by atoms with Gasteiger partial charge in [0.1, 0.15) is 5.75 Å². The summed E-state index contributed by atoms with van der Waals surface area (Å²) >= 11 is 3.43. The lowest BCUT2D eigenvalue weighted by molar-refractivity contribution is 0.104. The van der Waals surface area contributed by atoms with Gasteiger partial charge in [-0.3, -0.25) is 4.79 Å². The second-order valence-corrected chi connectivity index (χ2v) is 6.19. The number of hydrogen-bond donors (Lipinski definition) is 2. The number of para-hydroxylation sites is 2. The van der Waals surface area contributed by atoms with Gasteiger partial charge < -0.3 is 10.4 Å². The number of anilines is 1. The molecular formula is C21H16BrNO2. The first kappa shape index (κ1) is 17.0. The van der Waals surface area contributed by atoms with Crippen molar-refractivity contribution in [1.29, 1.82) is 0 Å². The minimum Gasteiger partial charge on any atom is -0.507 e. The minimum atomic E-state index is -0.291. The lowest BCUT2D eigenvalue weighted by Gasteiger charge is -2.14. The Balaban J connectivity index is 2.07. The smallest absolute Gasteiger partial charge is 0.205 e. The Bertz CT molecular complexity index is 905. The third-order valence-corrected chi connectivity index (χ3v) is 4.43. The summed E-state index contributed by atoms with van der Waals surface area (Å²) in [6, 6.07) is 25.7. The molecule has 3 rings (SSSR count). The Labute approximate surface area is 154 Å². The Morgan fingerprint density at radius 3 is 2.00 bits per heavy atom. The molecule has 3 aromatic rings. The van der Waals surface area contributed by atoms with E-state index in [9.17, 15) is 9.90 Å². The number of benzene rings is 3. The van der Waals surface area contributed by atoms with Gasteiger partial charge in [-0.25, -0.2) is 0 Å². The van der Waals surface area contributed by atoms with Crippen molar-refractivity contribution in [3.63, 3.8) is 0 Å². The Hall–Kier alpha value is -2.85. The number of rotatable bonds is 5. The van der Waals surface area contributed by atoms with E-state index >= 15 is 0 Å². The lowest BCUT2D eigenvalue weighted by atomic mass is 10.1. The van der Waals surface area contributed by atoms with Crippen molar-refractivity contribution in [2.45, 2.75) is 0 Å². The molecule has 0 atom stereocenters. The first-order chi connectivity index (χ1) is 12.2. The summed E-state index contributed by atoms with van der Waals surface area (Å²) in [7, 11) is 0. The van der Waals surface area contributed by atoms with Crippen LogP contribution in [0.25, 0.3) is 5.70 Å². The Morgan fingerprint density at radius 2 is 1.36 bits per heavy atom. The molecule has 0 aliphatic heterocycles. The fraction of sp³-hybridized carbons (Fsp3) is 0. The molecule has 3 aromatic carbocycles. The van der Waals surface area contributed by atoms with E-state index in [1.807, 2.05) is 60.7 Å². The van der Waals surface area contributed by atoms with Crippen LogP contribution in [0.1, 0.15) is 15.9 Å². The molecule has 0 fully saturated rings. The van der Waals surface area contributed by atoms with E-state index in [0.29, 0.717) is 10.2 Å². The maximum atomic E-state index is 12.9. The molecule has 0 bridgehead atoms. The van der Waals surface area contributed by atoms with Gasteiger partial charge in [-0.15, -0.1) is 0 Å². The van der Waals surface area contributed by atoms with Gasteiger partial charge in [-0.1, -0.05) is 60.7 Å². The number of phenols is 1. The van der Waals surface area contributed by atoms with Crippen LogP contribution in [-0.4, -0.2) is 10.9 Å². The molecule has 0 unspecified atom stereocenters. The van der Waals surface area contributed by atoms with Gasteiger partial charge >= 0.3 is 0 Å². The number of ketones is 1. The standard InChI is InChI=1S/C21H16BrNO2/c22-19(21(25)17-13-7-8-14-18(17)24)20(15-9-3-1-4-10-15)23-16-11-5-2-6-12-16/h1-14,23-24H/b20-19+. The van der Waals surface area contributed by atoms with E-state index in [1.54, 1.807) is 18.2 Å². The van der Waals surface area contributed by atoms with E-state index < -0.39 is 0 Å². The van der Waals surface area contributed by atoms with Crippen molar-refractivity contribution >= 4 is 33.1 Å². The zero-order chi connectivity index (χ0) is 17.6. The van der Waals surface area contributed by atoms with Gasteiger partial charge in [0, 0.05) is 5.69 Å². The largest absolute Gasteiger partial charge is 0.507 e. The number of aromatic hydroxyl groups is 1. The zero-order valence-corrected chi connectivity index (χ0v) is 14.9.